The molecule has 4 rings (SSSR count). The molecule has 1 unspecified atom stereocenters. The molecule has 1 saturated heterocycles. The van der Waals surface area contributed by atoms with Crippen LogP contribution in [0.15, 0.2) is 28.0 Å². The Hall–Kier alpha value is -1.25. The summed E-state index contributed by atoms with van der Waals surface area (Å²) in [6, 6.07) is 3.48. The quantitative estimate of drug-likeness (QED) is 0.849. The summed E-state index contributed by atoms with van der Waals surface area (Å²) in [7, 11) is -1.46. The van der Waals surface area contributed by atoms with Gasteiger partial charge in [-0.3, -0.25) is 0 Å². The molecular weight excluding hydrogens is 332 g/mol. The number of aromatic nitrogens is 3. The molecule has 0 amide bonds. The van der Waals surface area contributed by atoms with Gasteiger partial charge in [-0.05, 0) is 29.7 Å². The Bertz CT molecular complexity index is 791. The zero-order valence-electron chi connectivity index (χ0n) is 13.1. The van der Waals surface area contributed by atoms with Crippen LogP contribution in [0.4, 0.5) is 0 Å². The fourth-order valence-electron chi connectivity index (χ4n) is 4.19. The first-order chi connectivity index (χ1) is 11.0. The summed E-state index contributed by atoms with van der Waals surface area (Å²) in [6.45, 7) is 1.11. The van der Waals surface area contributed by atoms with E-state index in [2.05, 4.69) is 10.2 Å². The second-order valence-corrected chi connectivity index (χ2v) is 9.76. The summed E-state index contributed by atoms with van der Waals surface area (Å²) in [4.78, 5) is 0. The summed E-state index contributed by atoms with van der Waals surface area (Å²) in [5.41, 5.74) is 0.0190. The average molecular weight is 352 g/mol. The van der Waals surface area contributed by atoms with Crippen molar-refractivity contribution in [2.24, 2.45) is 12.5 Å². The maximum absolute atomic E-state index is 12.9. The first-order valence-electron chi connectivity index (χ1n) is 7.90. The van der Waals surface area contributed by atoms with Crippen LogP contribution in [0.25, 0.3) is 0 Å². The summed E-state index contributed by atoms with van der Waals surface area (Å²) in [6.07, 6.45) is 6.18. The smallest absolute Gasteiger partial charge is 0.252 e. The molecule has 1 aliphatic heterocycles. The first kappa shape index (κ1) is 15.3. The standard InChI is InChI=1S/C15H20N4O2S2/c1-18-11-16-17-14(18)12-9-19(10-15(12)6-2-3-7-15)23(20,21)13-5-4-8-22-13/h4-5,8,11-12H,2-3,6-7,9-10H2,1H3. The normalized spacial score (nSPS) is 24.7. The molecule has 1 saturated carbocycles. The van der Waals surface area contributed by atoms with Crippen molar-refractivity contribution >= 4 is 21.4 Å². The van der Waals surface area contributed by atoms with Gasteiger partial charge in [-0.15, -0.1) is 21.5 Å². The molecule has 2 aromatic heterocycles. The molecule has 6 nitrogen and oxygen atoms in total. The zero-order valence-corrected chi connectivity index (χ0v) is 14.7. The van der Waals surface area contributed by atoms with Crippen molar-refractivity contribution in [2.75, 3.05) is 13.1 Å². The molecule has 1 atom stereocenters. The highest BCUT2D eigenvalue weighted by Gasteiger charge is 2.53. The third-order valence-corrected chi connectivity index (χ3v) is 8.55. The molecule has 0 N–H and O–H groups in total. The van der Waals surface area contributed by atoms with Gasteiger partial charge in [0.15, 0.2) is 0 Å². The average Bonchev–Trinajstić information content (AvgIpc) is 3.28. The fourth-order valence-corrected chi connectivity index (χ4v) is 6.89. The van der Waals surface area contributed by atoms with Gasteiger partial charge in [-0.2, -0.15) is 4.31 Å². The van der Waals surface area contributed by atoms with E-state index in [-0.39, 0.29) is 11.3 Å². The highest BCUT2D eigenvalue weighted by atomic mass is 32.2. The lowest BCUT2D eigenvalue weighted by atomic mass is 9.76. The molecule has 124 valence electrons. The molecule has 3 heterocycles. The van der Waals surface area contributed by atoms with E-state index in [1.54, 1.807) is 22.8 Å². The minimum absolute atomic E-state index is 0.0190. The first-order valence-corrected chi connectivity index (χ1v) is 10.2. The van der Waals surface area contributed by atoms with Crippen molar-refractivity contribution in [1.29, 1.82) is 0 Å². The Morgan fingerprint density at radius 1 is 1.35 bits per heavy atom. The summed E-state index contributed by atoms with van der Waals surface area (Å²) in [5.74, 6) is 1.04. The van der Waals surface area contributed by atoms with E-state index >= 15 is 0 Å². The number of aryl methyl sites for hydroxylation is 1. The maximum Gasteiger partial charge on any atom is 0.252 e. The van der Waals surface area contributed by atoms with Crippen LogP contribution < -0.4 is 0 Å². The van der Waals surface area contributed by atoms with Crippen molar-refractivity contribution < 1.29 is 8.42 Å². The SMILES string of the molecule is Cn1cnnc1C1CN(S(=O)(=O)c2cccs2)CC12CCCC2. The second kappa shape index (κ2) is 5.39. The maximum atomic E-state index is 12.9. The number of hydrogen-bond donors (Lipinski definition) is 0. The van der Waals surface area contributed by atoms with Crippen molar-refractivity contribution in [1.82, 2.24) is 19.1 Å². The van der Waals surface area contributed by atoms with Crippen LogP contribution >= 0.6 is 11.3 Å². The Morgan fingerprint density at radius 3 is 2.74 bits per heavy atom. The minimum atomic E-state index is -3.40. The predicted octanol–water partition coefficient (Wildman–Crippen LogP) is 2.23. The third-order valence-electron chi connectivity index (χ3n) is 5.36. The molecule has 2 aliphatic rings. The predicted molar refractivity (Wildman–Crippen MR) is 87.7 cm³/mol. The monoisotopic (exact) mass is 352 g/mol. The molecule has 1 aliphatic carbocycles. The van der Waals surface area contributed by atoms with E-state index in [1.807, 2.05) is 17.0 Å². The van der Waals surface area contributed by atoms with Crippen LogP contribution in [-0.2, 0) is 17.1 Å². The van der Waals surface area contributed by atoms with Crippen LogP contribution in [0, 0.1) is 5.41 Å². The highest BCUT2D eigenvalue weighted by molar-refractivity contribution is 7.91. The number of sulfonamides is 1. The molecule has 0 aromatic carbocycles. The molecule has 2 aromatic rings. The summed E-state index contributed by atoms with van der Waals surface area (Å²) in [5, 5.41) is 10.1. The number of rotatable bonds is 3. The Balaban J connectivity index is 1.72. The van der Waals surface area contributed by atoms with Crippen LogP contribution in [0.1, 0.15) is 37.4 Å². The highest BCUT2D eigenvalue weighted by Crippen LogP contribution is 2.53. The van der Waals surface area contributed by atoms with Crippen molar-refractivity contribution in [2.45, 2.75) is 35.8 Å². The zero-order chi connectivity index (χ0) is 16.1. The Morgan fingerprint density at radius 2 is 2.13 bits per heavy atom. The lowest BCUT2D eigenvalue weighted by Crippen LogP contribution is -2.31. The molecule has 2 fully saturated rings. The van der Waals surface area contributed by atoms with E-state index in [1.165, 1.54) is 24.2 Å². The summed E-state index contributed by atoms with van der Waals surface area (Å²) >= 11 is 1.29. The lowest BCUT2D eigenvalue weighted by molar-refractivity contribution is 0.274. The number of thiophene rings is 1. The molecule has 0 radical (unpaired) electrons. The van der Waals surface area contributed by atoms with Gasteiger partial charge in [0, 0.05) is 26.1 Å². The van der Waals surface area contributed by atoms with E-state index in [0.29, 0.717) is 17.3 Å². The Labute approximate surface area is 140 Å². The van der Waals surface area contributed by atoms with Crippen molar-refractivity contribution in [3.8, 4) is 0 Å². The van der Waals surface area contributed by atoms with Crippen LogP contribution in [0.3, 0.4) is 0 Å². The van der Waals surface area contributed by atoms with Crippen LogP contribution in [0.2, 0.25) is 0 Å². The van der Waals surface area contributed by atoms with Crippen molar-refractivity contribution in [3.63, 3.8) is 0 Å². The van der Waals surface area contributed by atoms with Gasteiger partial charge in [0.1, 0.15) is 16.4 Å². The molecule has 1 spiro atoms. The van der Waals surface area contributed by atoms with Gasteiger partial charge >= 0.3 is 0 Å². The van der Waals surface area contributed by atoms with Gasteiger partial charge in [0.2, 0.25) is 0 Å². The molecule has 23 heavy (non-hydrogen) atoms. The van der Waals surface area contributed by atoms with Crippen LogP contribution in [0.5, 0.6) is 0 Å². The number of hydrogen-bond acceptors (Lipinski definition) is 5. The second-order valence-electron chi connectivity index (χ2n) is 6.65. The number of nitrogens with zero attached hydrogens (tertiary/aromatic N) is 4. The van der Waals surface area contributed by atoms with Gasteiger partial charge in [-0.1, -0.05) is 18.9 Å². The van der Waals surface area contributed by atoms with Gasteiger partial charge in [0.25, 0.3) is 10.0 Å². The van der Waals surface area contributed by atoms with Gasteiger partial charge < -0.3 is 4.57 Å². The fraction of sp³-hybridized carbons (Fsp3) is 0.600. The van der Waals surface area contributed by atoms with E-state index in [0.717, 1.165) is 18.7 Å². The largest absolute Gasteiger partial charge is 0.320 e. The molecule has 8 heteroatoms. The van der Waals surface area contributed by atoms with Gasteiger partial charge in [0.05, 0.1) is 0 Å². The molecular formula is C15H20N4O2S2. The van der Waals surface area contributed by atoms with Crippen molar-refractivity contribution in [3.05, 3.63) is 29.7 Å². The Kier molecular flexibility index (Phi) is 3.58. The van der Waals surface area contributed by atoms with E-state index in [9.17, 15) is 8.42 Å². The van der Waals surface area contributed by atoms with E-state index in [4.69, 9.17) is 0 Å². The summed E-state index contributed by atoms with van der Waals surface area (Å²) < 4.78 is 29.9. The topological polar surface area (TPSA) is 68.1 Å². The van der Waals surface area contributed by atoms with E-state index < -0.39 is 10.0 Å². The third kappa shape index (κ3) is 2.35. The molecule has 0 bridgehead atoms. The lowest BCUT2D eigenvalue weighted by Gasteiger charge is -2.29. The van der Waals surface area contributed by atoms with Gasteiger partial charge in [-0.25, -0.2) is 8.42 Å². The minimum Gasteiger partial charge on any atom is -0.320 e. The van der Waals surface area contributed by atoms with Crippen LogP contribution in [-0.4, -0.2) is 40.6 Å².